The van der Waals surface area contributed by atoms with E-state index in [1.165, 1.54) is 12.1 Å². The number of aromatic nitrogens is 2. The van der Waals surface area contributed by atoms with Crippen molar-refractivity contribution in [2.24, 2.45) is 5.73 Å². The molecule has 2 rings (SSSR count). The van der Waals surface area contributed by atoms with Crippen LogP contribution in [0.3, 0.4) is 0 Å². The number of benzene rings is 1. The highest BCUT2D eigenvalue weighted by molar-refractivity contribution is 5.59. The fourth-order valence-corrected chi connectivity index (χ4v) is 2.21. The molecule has 0 saturated heterocycles. The van der Waals surface area contributed by atoms with Crippen molar-refractivity contribution in [2.45, 2.75) is 38.8 Å². The Hall–Kier alpha value is -1.95. The molecule has 0 aliphatic heterocycles. The third kappa shape index (κ3) is 3.78. The molecule has 1 heterocycles. The largest absolute Gasteiger partial charge is 0.435 e. The van der Waals surface area contributed by atoms with Crippen molar-refractivity contribution in [3.8, 4) is 17.0 Å². The van der Waals surface area contributed by atoms with Crippen LogP contribution in [0.15, 0.2) is 30.5 Å². The molecule has 6 heteroatoms. The summed E-state index contributed by atoms with van der Waals surface area (Å²) in [4.78, 5) is 7.51. The summed E-state index contributed by atoms with van der Waals surface area (Å²) in [5.41, 5.74) is 7.34. The molecule has 3 N–H and O–H groups in total. The summed E-state index contributed by atoms with van der Waals surface area (Å²) >= 11 is 0. The van der Waals surface area contributed by atoms with Crippen LogP contribution in [0.2, 0.25) is 0 Å². The Morgan fingerprint density at radius 2 is 2.00 bits per heavy atom. The summed E-state index contributed by atoms with van der Waals surface area (Å²) in [6.07, 6.45) is 3.48. The van der Waals surface area contributed by atoms with Gasteiger partial charge in [-0.25, -0.2) is 4.98 Å². The second-order valence-corrected chi connectivity index (χ2v) is 5.22. The van der Waals surface area contributed by atoms with E-state index in [9.17, 15) is 8.78 Å². The average molecular weight is 295 g/mol. The molecule has 0 bridgehead atoms. The van der Waals surface area contributed by atoms with Crippen LogP contribution in [0.25, 0.3) is 11.3 Å². The third-order valence-corrected chi connectivity index (χ3v) is 3.28. The molecule has 0 radical (unpaired) electrons. The number of hydrogen-bond donors (Lipinski definition) is 2. The van der Waals surface area contributed by atoms with E-state index in [4.69, 9.17) is 5.73 Å². The molecular formula is C15H19F2N3O. The molecular weight excluding hydrogens is 276 g/mol. The summed E-state index contributed by atoms with van der Waals surface area (Å²) in [6.45, 7) is 1.18. The van der Waals surface area contributed by atoms with Crippen molar-refractivity contribution in [2.75, 3.05) is 0 Å². The quantitative estimate of drug-likeness (QED) is 0.855. The number of nitrogens with two attached hydrogens (primary N) is 1. The van der Waals surface area contributed by atoms with E-state index in [2.05, 4.69) is 21.6 Å². The molecule has 1 unspecified atom stereocenters. The SMILES string of the molecule is CCCC(C)(N)c1ncc(-c2ccc(OC(F)F)cc2)[nH]1. The van der Waals surface area contributed by atoms with E-state index in [1.807, 2.05) is 6.92 Å². The van der Waals surface area contributed by atoms with Crippen LogP contribution < -0.4 is 10.5 Å². The van der Waals surface area contributed by atoms with Crippen LogP contribution >= 0.6 is 0 Å². The highest BCUT2D eigenvalue weighted by Crippen LogP contribution is 2.25. The smallest absolute Gasteiger partial charge is 0.387 e. The molecule has 0 fully saturated rings. The topological polar surface area (TPSA) is 63.9 Å². The molecule has 0 aliphatic carbocycles. The van der Waals surface area contributed by atoms with Crippen molar-refractivity contribution in [1.29, 1.82) is 0 Å². The van der Waals surface area contributed by atoms with Gasteiger partial charge in [-0.15, -0.1) is 0 Å². The molecule has 21 heavy (non-hydrogen) atoms. The lowest BCUT2D eigenvalue weighted by Crippen LogP contribution is -2.34. The van der Waals surface area contributed by atoms with Gasteiger partial charge in [-0.3, -0.25) is 0 Å². The lowest BCUT2D eigenvalue weighted by atomic mass is 9.97. The molecule has 0 amide bonds. The summed E-state index contributed by atoms with van der Waals surface area (Å²) < 4.78 is 28.5. The van der Waals surface area contributed by atoms with Gasteiger partial charge >= 0.3 is 6.61 Å². The molecule has 2 aromatic rings. The maximum absolute atomic E-state index is 12.1. The zero-order valence-corrected chi connectivity index (χ0v) is 12.1. The first kappa shape index (κ1) is 15.4. The Bertz CT molecular complexity index is 579. The third-order valence-electron chi connectivity index (χ3n) is 3.28. The molecule has 0 aliphatic rings. The standard InChI is InChI=1S/C15H19F2N3O/c1-3-8-15(2,18)13-19-9-12(20-13)10-4-6-11(7-5-10)21-14(16)17/h4-7,9,14H,3,8,18H2,1-2H3,(H,19,20). The van der Waals surface area contributed by atoms with Crippen LogP contribution in [-0.2, 0) is 5.54 Å². The minimum atomic E-state index is -2.82. The summed E-state index contributed by atoms with van der Waals surface area (Å²) in [6, 6.07) is 6.39. The first-order valence-corrected chi connectivity index (χ1v) is 6.82. The number of alkyl halides is 2. The average Bonchev–Trinajstić information content (AvgIpc) is 2.89. The van der Waals surface area contributed by atoms with Gasteiger partial charge < -0.3 is 15.5 Å². The first-order chi connectivity index (χ1) is 9.92. The van der Waals surface area contributed by atoms with Gasteiger partial charge in [-0.05, 0) is 43.2 Å². The van der Waals surface area contributed by atoms with E-state index in [0.29, 0.717) is 5.82 Å². The van der Waals surface area contributed by atoms with E-state index in [-0.39, 0.29) is 5.75 Å². The monoisotopic (exact) mass is 295 g/mol. The fraction of sp³-hybridized carbons (Fsp3) is 0.400. The highest BCUT2D eigenvalue weighted by atomic mass is 19.3. The Morgan fingerprint density at radius 3 is 2.57 bits per heavy atom. The van der Waals surface area contributed by atoms with Gasteiger partial charge in [-0.1, -0.05) is 13.3 Å². The van der Waals surface area contributed by atoms with Crippen LogP contribution in [0.4, 0.5) is 8.78 Å². The Balaban J connectivity index is 2.18. The van der Waals surface area contributed by atoms with E-state index >= 15 is 0 Å². The van der Waals surface area contributed by atoms with Crippen molar-refractivity contribution in [3.63, 3.8) is 0 Å². The molecule has 114 valence electrons. The number of rotatable bonds is 6. The number of imidazole rings is 1. The minimum absolute atomic E-state index is 0.128. The van der Waals surface area contributed by atoms with Crippen molar-refractivity contribution >= 4 is 0 Å². The van der Waals surface area contributed by atoms with Crippen LogP contribution in [-0.4, -0.2) is 16.6 Å². The van der Waals surface area contributed by atoms with Crippen LogP contribution in [0, 0.1) is 0 Å². The van der Waals surface area contributed by atoms with Gasteiger partial charge in [0.2, 0.25) is 0 Å². The second-order valence-electron chi connectivity index (χ2n) is 5.22. The normalized spacial score (nSPS) is 14.2. The highest BCUT2D eigenvalue weighted by Gasteiger charge is 2.23. The number of nitrogens with zero attached hydrogens (tertiary/aromatic N) is 1. The molecule has 0 spiro atoms. The van der Waals surface area contributed by atoms with Crippen molar-refractivity contribution in [3.05, 3.63) is 36.3 Å². The van der Waals surface area contributed by atoms with Gasteiger partial charge in [-0.2, -0.15) is 8.78 Å². The van der Waals surface area contributed by atoms with E-state index in [0.717, 1.165) is 24.1 Å². The fourth-order valence-electron chi connectivity index (χ4n) is 2.21. The zero-order valence-electron chi connectivity index (χ0n) is 12.1. The first-order valence-electron chi connectivity index (χ1n) is 6.82. The number of H-pyrrole nitrogens is 1. The predicted molar refractivity (Wildman–Crippen MR) is 77.1 cm³/mol. The number of aromatic amines is 1. The van der Waals surface area contributed by atoms with Crippen molar-refractivity contribution in [1.82, 2.24) is 9.97 Å². The van der Waals surface area contributed by atoms with Gasteiger partial charge in [0.1, 0.15) is 11.6 Å². The van der Waals surface area contributed by atoms with Gasteiger partial charge in [0, 0.05) is 0 Å². The molecule has 1 aromatic heterocycles. The number of hydrogen-bond acceptors (Lipinski definition) is 3. The molecule has 1 aromatic carbocycles. The Labute approximate surface area is 122 Å². The molecule has 0 saturated carbocycles. The number of nitrogens with one attached hydrogen (secondary N) is 1. The summed E-state index contributed by atoms with van der Waals surface area (Å²) in [5.74, 6) is 0.843. The predicted octanol–water partition coefficient (Wildman–Crippen LogP) is 3.65. The Kier molecular flexibility index (Phi) is 4.57. The van der Waals surface area contributed by atoms with Gasteiger partial charge in [0.25, 0.3) is 0 Å². The van der Waals surface area contributed by atoms with E-state index < -0.39 is 12.2 Å². The maximum atomic E-state index is 12.1. The summed E-state index contributed by atoms with van der Waals surface area (Å²) in [7, 11) is 0. The van der Waals surface area contributed by atoms with Crippen molar-refractivity contribution < 1.29 is 13.5 Å². The number of halogens is 2. The maximum Gasteiger partial charge on any atom is 0.387 e. The van der Waals surface area contributed by atoms with Crippen LogP contribution in [0.1, 0.15) is 32.5 Å². The Morgan fingerprint density at radius 1 is 1.33 bits per heavy atom. The zero-order chi connectivity index (χ0) is 15.5. The van der Waals surface area contributed by atoms with E-state index in [1.54, 1.807) is 18.3 Å². The lowest BCUT2D eigenvalue weighted by molar-refractivity contribution is -0.0498. The lowest BCUT2D eigenvalue weighted by Gasteiger charge is -2.21. The molecule has 1 atom stereocenters. The summed E-state index contributed by atoms with van der Waals surface area (Å²) in [5, 5.41) is 0. The van der Waals surface area contributed by atoms with Crippen LogP contribution in [0.5, 0.6) is 5.75 Å². The minimum Gasteiger partial charge on any atom is -0.435 e. The van der Waals surface area contributed by atoms with Gasteiger partial charge in [0.15, 0.2) is 0 Å². The molecule has 4 nitrogen and oxygen atoms in total. The van der Waals surface area contributed by atoms with Gasteiger partial charge in [0.05, 0.1) is 17.4 Å². The second kappa shape index (κ2) is 6.22. The number of ether oxygens (including phenoxy) is 1.